The molecule has 0 aromatic heterocycles. The molecule has 0 saturated heterocycles. The van der Waals surface area contributed by atoms with Crippen LogP contribution in [-0.2, 0) is 10.2 Å². The van der Waals surface area contributed by atoms with Crippen molar-refractivity contribution in [3.05, 3.63) is 29.8 Å². The molecular weight excluding hydrogens is 268 g/mol. The van der Waals surface area contributed by atoms with Crippen LogP contribution in [0.15, 0.2) is 24.3 Å². The molecule has 0 heterocycles. The summed E-state index contributed by atoms with van der Waals surface area (Å²) in [5.74, 6) is -0.0645. The molecule has 0 aliphatic heterocycles. The Labute approximate surface area is 123 Å². The van der Waals surface area contributed by atoms with Crippen molar-refractivity contribution >= 4 is 14.3 Å². The van der Waals surface area contributed by atoms with Crippen LogP contribution in [0.5, 0.6) is 5.75 Å². The van der Waals surface area contributed by atoms with Crippen molar-refractivity contribution in [2.24, 2.45) is 0 Å². The molecule has 0 aliphatic carbocycles. The van der Waals surface area contributed by atoms with Crippen LogP contribution in [0.3, 0.4) is 0 Å². The van der Waals surface area contributed by atoms with E-state index in [1.807, 2.05) is 24.3 Å². The Morgan fingerprint density at radius 1 is 1.15 bits per heavy atom. The third kappa shape index (κ3) is 3.42. The van der Waals surface area contributed by atoms with E-state index in [-0.39, 0.29) is 5.04 Å². The standard InChI is InChI=1S/C16H26O3Si/c1-15(2,3)20(6,7)19-13-10-8-9-12(11-13)16(4,5)14(17)18/h8-11H,1-7H3,(H,17,18). The van der Waals surface area contributed by atoms with E-state index >= 15 is 0 Å². The van der Waals surface area contributed by atoms with Gasteiger partial charge in [-0.05, 0) is 49.7 Å². The second-order valence-electron chi connectivity index (χ2n) is 7.32. The molecule has 0 spiro atoms. The maximum absolute atomic E-state index is 11.3. The topological polar surface area (TPSA) is 46.5 Å². The zero-order chi connectivity index (χ0) is 15.8. The first-order chi connectivity index (χ1) is 8.88. The van der Waals surface area contributed by atoms with Gasteiger partial charge in [-0.1, -0.05) is 32.9 Å². The Balaban J connectivity index is 3.10. The molecule has 4 heteroatoms. The highest BCUT2D eigenvalue weighted by atomic mass is 28.4. The maximum atomic E-state index is 11.3. The number of benzene rings is 1. The van der Waals surface area contributed by atoms with Crippen molar-refractivity contribution < 1.29 is 14.3 Å². The first-order valence-corrected chi connectivity index (χ1v) is 9.82. The van der Waals surface area contributed by atoms with Crippen LogP contribution in [0.4, 0.5) is 0 Å². The lowest BCUT2D eigenvalue weighted by Crippen LogP contribution is -2.43. The summed E-state index contributed by atoms with van der Waals surface area (Å²) in [6, 6.07) is 7.46. The third-order valence-corrected chi connectivity index (χ3v) is 8.63. The fourth-order valence-electron chi connectivity index (χ4n) is 1.52. The molecule has 0 amide bonds. The average molecular weight is 294 g/mol. The Morgan fingerprint density at radius 2 is 1.70 bits per heavy atom. The maximum Gasteiger partial charge on any atom is 0.313 e. The molecule has 20 heavy (non-hydrogen) atoms. The lowest BCUT2D eigenvalue weighted by Gasteiger charge is -2.36. The van der Waals surface area contributed by atoms with Crippen LogP contribution < -0.4 is 4.43 Å². The van der Waals surface area contributed by atoms with E-state index < -0.39 is 19.7 Å². The smallest absolute Gasteiger partial charge is 0.313 e. The second kappa shape index (κ2) is 5.24. The minimum atomic E-state index is -1.90. The van der Waals surface area contributed by atoms with E-state index in [9.17, 15) is 9.90 Å². The molecular formula is C16H26O3Si. The first kappa shape index (κ1) is 16.8. The highest BCUT2D eigenvalue weighted by Gasteiger charge is 2.39. The highest BCUT2D eigenvalue weighted by Crippen LogP contribution is 2.38. The molecule has 0 radical (unpaired) electrons. The van der Waals surface area contributed by atoms with E-state index in [1.165, 1.54) is 0 Å². The molecule has 0 bridgehead atoms. The van der Waals surface area contributed by atoms with Crippen molar-refractivity contribution in [3.8, 4) is 5.75 Å². The number of rotatable bonds is 4. The monoisotopic (exact) mass is 294 g/mol. The molecule has 1 N–H and O–H groups in total. The van der Waals surface area contributed by atoms with E-state index in [4.69, 9.17) is 4.43 Å². The van der Waals surface area contributed by atoms with Gasteiger partial charge in [0.2, 0.25) is 8.32 Å². The number of carboxylic acid groups (broad SMARTS) is 1. The molecule has 1 rings (SSSR count). The Hall–Kier alpha value is -1.29. The Morgan fingerprint density at radius 3 is 2.15 bits per heavy atom. The van der Waals surface area contributed by atoms with Gasteiger partial charge in [-0.25, -0.2) is 0 Å². The number of carbonyl (C=O) groups is 1. The van der Waals surface area contributed by atoms with E-state index in [0.717, 1.165) is 11.3 Å². The van der Waals surface area contributed by atoms with Gasteiger partial charge in [-0.3, -0.25) is 4.79 Å². The fourth-order valence-corrected chi connectivity index (χ4v) is 2.54. The minimum Gasteiger partial charge on any atom is -0.543 e. The van der Waals surface area contributed by atoms with Gasteiger partial charge in [-0.15, -0.1) is 0 Å². The Kier molecular flexibility index (Phi) is 4.39. The van der Waals surface area contributed by atoms with Crippen LogP contribution in [0.25, 0.3) is 0 Å². The third-order valence-electron chi connectivity index (χ3n) is 4.27. The van der Waals surface area contributed by atoms with Crippen molar-refractivity contribution in [1.29, 1.82) is 0 Å². The summed E-state index contributed by atoms with van der Waals surface area (Å²) >= 11 is 0. The second-order valence-corrected chi connectivity index (χ2v) is 12.0. The molecule has 0 unspecified atom stereocenters. The summed E-state index contributed by atoms with van der Waals surface area (Å²) in [7, 11) is -1.90. The minimum absolute atomic E-state index is 0.116. The summed E-state index contributed by atoms with van der Waals surface area (Å²) in [4.78, 5) is 11.3. The molecule has 1 aromatic carbocycles. The fraction of sp³-hybridized carbons (Fsp3) is 0.562. The van der Waals surface area contributed by atoms with Gasteiger partial charge >= 0.3 is 5.97 Å². The quantitative estimate of drug-likeness (QED) is 0.835. The summed E-state index contributed by atoms with van der Waals surface area (Å²) in [5.41, 5.74) is -0.145. The molecule has 112 valence electrons. The SMILES string of the molecule is CC(C)(C(=O)O)c1cccc(O[Si](C)(C)C(C)(C)C)c1. The van der Waals surface area contributed by atoms with Gasteiger partial charge in [-0.2, -0.15) is 0 Å². The molecule has 3 nitrogen and oxygen atoms in total. The molecule has 0 saturated carbocycles. The van der Waals surface area contributed by atoms with Crippen LogP contribution in [0.2, 0.25) is 18.1 Å². The van der Waals surface area contributed by atoms with E-state index in [1.54, 1.807) is 13.8 Å². The van der Waals surface area contributed by atoms with E-state index in [0.29, 0.717) is 0 Å². The lowest BCUT2D eigenvalue weighted by molar-refractivity contribution is -0.142. The van der Waals surface area contributed by atoms with Crippen molar-refractivity contribution in [3.63, 3.8) is 0 Å². The van der Waals surface area contributed by atoms with Gasteiger partial charge in [0.25, 0.3) is 0 Å². The number of aliphatic carboxylic acids is 1. The zero-order valence-electron chi connectivity index (χ0n) is 13.6. The van der Waals surface area contributed by atoms with Crippen molar-refractivity contribution in [2.45, 2.75) is 58.2 Å². The molecule has 0 fully saturated rings. The van der Waals surface area contributed by atoms with Gasteiger partial charge in [0.05, 0.1) is 5.41 Å². The van der Waals surface area contributed by atoms with Crippen LogP contribution >= 0.6 is 0 Å². The van der Waals surface area contributed by atoms with E-state index in [2.05, 4.69) is 33.9 Å². The summed E-state index contributed by atoms with van der Waals surface area (Å²) in [6.45, 7) is 14.3. The van der Waals surface area contributed by atoms with Crippen LogP contribution in [0.1, 0.15) is 40.2 Å². The molecule has 0 atom stereocenters. The average Bonchev–Trinajstić information content (AvgIpc) is 2.26. The summed E-state index contributed by atoms with van der Waals surface area (Å²) < 4.78 is 6.23. The zero-order valence-corrected chi connectivity index (χ0v) is 14.6. The van der Waals surface area contributed by atoms with Gasteiger partial charge in [0.1, 0.15) is 5.75 Å². The first-order valence-electron chi connectivity index (χ1n) is 6.91. The van der Waals surface area contributed by atoms with Gasteiger partial charge < -0.3 is 9.53 Å². The molecule has 1 aromatic rings. The predicted octanol–water partition coefficient (Wildman–Crippen LogP) is 4.43. The Bertz CT molecular complexity index is 499. The van der Waals surface area contributed by atoms with Crippen molar-refractivity contribution in [2.75, 3.05) is 0 Å². The van der Waals surface area contributed by atoms with Gasteiger partial charge in [0, 0.05) is 0 Å². The largest absolute Gasteiger partial charge is 0.543 e. The number of hydrogen-bond acceptors (Lipinski definition) is 2. The normalized spacial score (nSPS) is 13.2. The predicted molar refractivity (Wildman–Crippen MR) is 84.9 cm³/mol. The summed E-state index contributed by atoms with van der Waals surface area (Å²) in [5, 5.41) is 9.43. The number of carboxylic acids is 1. The van der Waals surface area contributed by atoms with Crippen molar-refractivity contribution in [1.82, 2.24) is 0 Å². The van der Waals surface area contributed by atoms with Gasteiger partial charge in [0.15, 0.2) is 0 Å². The lowest BCUT2D eigenvalue weighted by atomic mass is 9.85. The highest BCUT2D eigenvalue weighted by molar-refractivity contribution is 6.74. The van der Waals surface area contributed by atoms with Crippen LogP contribution in [0, 0.1) is 0 Å². The number of hydrogen-bond donors (Lipinski definition) is 1. The molecule has 0 aliphatic rings. The van der Waals surface area contributed by atoms with Crippen LogP contribution in [-0.4, -0.2) is 19.4 Å². The summed E-state index contributed by atoms with van der Waals surface area (Å²) in [6.07, 6.45) is 0.